The Morgan fingerprint density at radius 1 is 0.970 bits per heavy atom. The molecule has 0 saturated carbocycles. The molecule has 164 valence electrons. The number of rotatable bonds is 6. The standard InChI is InChI=1S/C26H22ClN5O/c1-30(25(33)15-22-18-31-14-6-5-9-24(31)28-22)16-20-17-32(23-7-3-2-4-8-23)29-26(20)19-10-12-21(27)13-11-19/h2-14,17-18H,15-16H2,1H3. The van der Waals surface area contributed by atoms with E-state index in [-0.39, 0.29) is 12.3 Å². The summed E-state index contributed by atoms with van der Waals surface area (Å²) in [5.74, 6) is -0.00655. The fourth-order valence-corrected chi connectivity index (χ4v) is 3.92. The molecular weight excluding hydrogens is 434 g/mol. The fraction of sp³-hybridized carbons (Fsp3) is 0.115. The zero-order valence-corrected chi connectivity index (χ0v) is 18.9. The lowest BCUT2D eigenvalue weighted by Gasteiger charge is -2.16. The van der Waals surface area contributed by atoms with Crippen molar-refractivity contribution in [3.8, 4) is 16.9 Å². The molecule has 0 aliphatic carbocycles. The Labute approximate surface area is 196 Å². The number of carbonyl (C=O) groups is 1. The molecule has 2 aromatic carbocycles. The first-order valence-corrected chi connectivity index (χ1v) is 11.0. The largest absolute Gasteiger partial charge is 0.341 e. The number of carbonyl (C=O) groups excluding carboxylic acids is 1. The van der Waals surface area contributed by atoms with Gasteiger partial charge in [0.25, 0.3) is 0 Å². The van der Waals surface area contributed by atoms with E-state index in [9.17, 15) is 4.79 Å². The first-order valence-electron chi connectivity index (χ1n) is 10.6. The number of hydrogen-bond donors (Lipinski definition) is 0. The molecule has 0 saturated heterocycles. The maximum Gasteiger partial charge on any atom is 0.228 e. The van der Waals surface area contributed by atoms with Crippen LogP contribution in [0.15, 0.2) is 91.4 Å². The van der Waals surface area contributed by atoms with E-state index < -0.39 is 0 Å². The smallest absolute Gasteiger partial charge is 0.228 e. The number of benzene rings is 2. The maximum absolute atomic E-state index is 13.0. The van der Waals surface area contributed by atoms with E-state index in [4.69, 9.17) is 16.7 Å². The normalized spacial score (nSPS) is 11.1. The molecule has 0 atom stereocenters. The van der Waals surface area contributed by atoms with Crippen molar-refractivity contribution in [1.82, 2.24) is 24.1 Å². The lowest BCUT2D eigenvalue weighted by atomic mass is 10.1. The molecule has 0 fully saturated rings. The van der Waals surface area contributed by atoms with E-state index in [1.54, 1.807) is 4.90 Å². The van der Waals surface area contributed by atoms with Gasteiger partial charge in [0.1, 0.15) is 5.65 Å². The average Bonchev–Trinajstić information content (AvgIpc) is 3.44. The predicted molar refractivity (Wildman–Crippen MR) is 129 cm³/mol. The van der Waals surface area contributed by atoms with Crippen LogP contribution in [0.2, 0.25) is 5.02 Å². The quantitative estimate of drug-likeness (QED) is 0.360. The summed E-state index contributed by atoms with van der Waals surface area (Å²) in [6.07, 6.45) is 6.04. The summed E-state index contributed by atoms with van der Waals surface area (Å²) in [4.78, 5) is 19.3. The van der Waals surface area contributed by atoms with E-state index in [2.05, 4.69) is 4.98 Å². The summed E-state index contributed by atoms with van der Waals surface area (Å²) < 4.78 is 3.77. The minimum absolute atomic E-state index is 0.00655. The molecule has 0 N–H and O–H groups in total. The second-order valence-electron chi connectivity index (χ2n) is 7.91. The van der Waals surface area contributed by atoms with Crippen molar-refractivity contribution in [3.05, 3.63) is 108 Å². The summed E-state index contributed by atoms with van der Waals surface area (Å²) >= 11 is 6.09. The molecule has 0 bridgehead atoms. The summed E-state index contributed by atoms with van der Waals surface area (Å²) in [6, 6.07) is 23.3. The number of para-hydroxylation sites is 1. The van der Waals surface area contributed by atoms with Crippen LogP contribution in [0, 0.1) is 0 Å². The van der Waals surface area contributed by atoms with Crippen molar-refractivity contribution < 1.29 is 4.79 Å². The van der Waals surface area contributed by atoms with Gasteiger partial charge in [0.05, 0.1) is 23.5 Å². The lowest BCUT2D eigenvalue weighted by molar-refractivity contribution is -0.129. The van der Waals surface area contributed by atoms with Crippen LogP contribution in [-0.4, -0.2) is 37.0 Å². The van der Waals surface area contributed by atoms with Gasteiger partial charge in [-0.05, 0) is 36.4 Å². The van der Waals surface area contributed by atoms with Crippen LogP contribution in [0.4, 0.5) is 0 Å². The molecule has 3 heterocycles. The third-order valence-corrected chi connectivity index (χ3v) is 5.76. The van der Waals surface area contributed by atoms with Crippen molar-refractivity contribution in [2.24, 2.45) is 0 Å². The summed E-state index contributed by atoms with van der Waals surface area (Å²) in [7, 11) is 1.81. The third-order valence-electron chi connectivity index (χ3n) is 5.51. The van der Waals surface area contributed by atoms with Gasteiger partial charge in [0.2, 0.25) is 5.91 Å². The topological polar surface area (TPSA) is 55.4 Å². The summed E-state index contributed by atoms with van der Waals surface area (Å²) in [5, 5.41) is 5.49. The van der Waals surface area contributed by atoms with Gasteiger partial charge in [-0.1, -0.05) is 48.0 Å². The number of likely N-dealkylation sites (N-methyl/N-ethyl adjacent to an activating group) is 1. The number of aromatic nitrogens is 4. The Morgan fingerprint density at radius 2 is 1.73 bits per heavy atom. The maximum atomic E-state index is 13.0. The summed E-state index contributed by atoms with van der Waals surface area (Å²) in [6.45, 7) is 0.428. The van der Waals surface area contributed by atoms with E-state index in [0.717, 1.165) is 33.8 Å². The average molecular weight is 456 g/mol. The predicted octanol–water partition coefficient (Wildman–Crippen LogP) is 5.04. The molecule has 0 spiro atoms. The highest BCUT2D eigenvalue weighted by Gasteiger charge is 2.18. The highest BCUT2D eigenvalue weighted by atomic mass is 35.5. The highest BCUT2D eigenvalue weighted by Crippen LogP contribution is 2.26. The van der Waals surface area contributed by atoms with E-state index in [0.29, 0.717) is 11.6 Å². The Kier molecular flexibility index (Phi) is 5.67. The van der Waals surface area contributed by atoms with E-state index in [1.807, 2.05) is 108 Å². The molecule has 0 aliphatic rings. The molecule has 5 aromatic rings. The van der Waals surface area contributed by atoms with Gasteiger partial charge in [-0.25, -0.2) is 9.67 Å². The SMILES string of the molecule is CN(Cc1cn(-c2ccccc2)nc1-c1ccc(Cl)cc1)C(=O)Cc1cn2ccccc2n1. The van der Waals surface area contributed by atoms with E-state index >= 15 is 0 Å². The Hall–Kier alpha value is -3.90. The van der Waals surface area contributed by atoms with Crippen molar-refractivity contribution in [1.29, 1.82) is 0 Å². The molecule has 7 heteroatoms. The lowest BCUT2D eigenvalue weighted by Crippen LogP contribution is -2.27. The van der Waals surface area contributed by atoms with Crippen LogP contribution in [0.1, 0.15) is 11.3 Å². The minimum atomic E-state index is -0.00655. The molecule has 1 amide bonds. The molecule has 0 aliphatic heterocycles. The first-order chi connectivity index (χ1) is 16.1. The number of hydrogen-bond acceptors (Lipinski definition) is 3. The van der Waals surface area contributed by atoms with Crippen molar-refractivity contribution in [2.75, 3.05) is 7.05 Å². The monoisotopic (exact) mass is 455 g/mol. The first kappa shape index (κ1) is 21.0. The Balaban J connectivity index is 1.41. The second-order valence-corrected chi connectivity index (χ2v) is 8.35. The number of amides is 1. The molecule has 6 nitrogen and oxygen atoms in total. The Morgan fingerprint density at radius 3 is 2.48 bits per heavy atom. The van der Waals surface area contributed by atoms with Gasteiger partial charge in [0, 0.05) is 48.3 Å². The zero-order valence-electron chi connectivity index (χ0n) is 18.1. The third kappa shape index (κ3) is 4.52. The van der Waals surface area contributed by atoms with Crippen LogP contribution in [0.3, 0.4) is 0 Å². The summed E-state index contributed by atoms with van der Waals surface area (Å²) in [5.41, 5.74) is 5.26. The van der Waals surface area contributed by atoms with Gasteiger partial charge in [-0.15, -0.1) is 0 Å². The molecule has 0 unspecified atom stereocenters. The van der Waals surface area contributed by atoms with Crippen LogP contribution < -0.4 is 0 Å². The fourth-order valence-electron chi connectivity index (χ4n) is 3.80. The van der Waals surface area contributed by atoms with Crippen LogP contribution >= 0.6 is 11.6 Å². The van der Waals surface area contributed by atoms with Crippen LogP contribution in [-0.2, 0) is 17.8 Å². The zero-order chi connectivity index (χ0) is 22.8. The number of fused-ring (bicyclic) bond motifs is 1. The molecule has 5 rings (SSSR count). The molecular formula is C26H22ClN5O. The second kappa shape index (κ2) is 8.92. The number of imidazole rings is 1. The van der Waals surface area contributed by atoms with Crippen molar-refractivity contribution in [3.63, 3.8) is 0 Å². The van der Waals surface area contributed by atoms with Crippen molar-refractivity contribution in [2.45, 2.75) is 13.0 Å². The van der Waals surface area contributed by atoms with Gasteiger partial charge < -0.3 is 9.30 Å². The Bertz CT molecular complexity index is 1370. The number of halogens is 1. The molecule has 3 aromatic heterocycles. The van der Waals surface area contributed by atoms with Gasteiger partial charge >= 0.3 is 0 Å². The van der Waals surface area contributed by atoms with Crippen LogP contribution in [0.5, 0.6) is 0 Å². The van der Waals surface area contributed by atoms with Gasteiger partial charge in [-0.3, -0.25) is 4.79 Å². The van der Waals surface area contributed by atoms with Crippen molar-refractivity contribution >= 4 is 23.2 Å². The highest BCUT2D eigenvalue weighted by molar-refractivity contribution is 6.30. The van der Waals surface area contributed by atoms with Crippen LogP contribution in [0.25, 0.3) is 22.6 Å². The molecule has 0 radical (unpaired) electrons. The van der Waals surface area contributed by atoms with E-state index in [1.165, 1.54) is 0 Å². The molecule has 33 heavy (non-hydrogen) atoms. The minimum Gasteiger partial charge on any atom is -0.341 e. The number of nitrogens with zero attached hydrogens (tertiary/aromatic N) is 5. The van der Waals surface area contributed by atoms with Gasteiger partial charge in [0.15, 0.2) is 0 Å². The van der Waals surface area contributed by atoms with Gasteiger partial charge in [-0.2, -0.15) is 5.10 Å². The number of pyridine rings is 1.